The van der Waals surface area contributed by atoms with E-state index in [2.05, 4.69) is 37.3 Å². The average Bonchev–Trinajstić information content (AvgIpc) is 2.39. The van der Waals surface area contributed by atoms with Crippen LogP contribution in [0, 0.1) is 5.92 Å². The molecule has 2 aromatic carbocycles. The molecule has 1 atom stereocenters. The SMILES string of the molecule is CCCC(C)C(=O)Cc1ccc2ccccc2c1. The van der Waals surface area contributed by atoms with Crippen molar-refractivity contribution in [2.75, 3.05) is 0 Å². The van der Waals surface area contributed by atoms with E-state index >= 15 is 0 Å². The van der Waals surface area contributed by atoms with Gasteiger partial charge in [-0.25, -0.2) is 0 Å². The second-order valence-corrected chi connectivity index (χ2v) is 5.01. The van der Waals surface area contributed by atoms with Crippen molar-refractivity contribution in [3.05, 3.63) is 48.0 Å². The number of hydrogen-bond acceptors (Lipinski definition) is 1. The Morgan fingerprint density at radius 3 is 2.56 bits per heavy atom. The number of Topliss-reactive ketones (excluding diaryl/α,β-unsaturated/α-hetero) is 1. The minimum Gasteiger partial charge on any atom is -0.299 e. The topological polar surface area (TPSA) is 17.1 Å². The van der Waals surface area contributed by atoms with Crippen LogP contribution in [-0.4, -0.2) is 5.78 Å². The zero-order chi connectivity index (χ0) is 13.0. The number of carbonyl (C=O) groups is 1. The lowest BCUT2D eigenvalue weighted by atomic mass is 9.95. The van der Waals surface area contributed by atoms with Gasteiger partial charge >= 0.3 is 0 Å². The Morgan fingerprint density at radius 1 is 1.11 bits per heavy atom. The van der Waals surface area contributed by atoms with Crippen LogP contribution in [0.1, 0.15) is 32.3 Å². The molecule has 0 aliphatic carbocycles. The minimum absolute atomic E-state index is 0.182. The quantitative estimate of drug-likeness (QED) is 0.757. The summed E-state index contributed by atoms with van der Waals surface area (Å²) in [5, 5.41) is 2.45. The summed E-state index contributed by atoms with van der Waals surface area (Å²) < 4.78 is 0. The van der Waals surface area contributed by atoms with Gasteiger partial charge in [-0.2, -0.15) is 0 Å². The van der Waals surface area contributed by atoms with Crippen molar-refractivity contribution in [1.82, 2.24) is 0 Å². The molecule has 1 unspecified atom stereocenters. The van der Waals surface area contributed by atoms with Crippen molar-refractivity contribution in [1.29, 1.82) is 0 Å². The fourth-order valence-electron chi connectivity index (χ4n) is 2.32. The Hall–Kier alpha value is -1.63. The van der Waals surface area contributed by atoms with Crippen molar-refractivity contribution >= 4 is 16.6 Å². The predicted molar refractivity (Wildman–Crippen MR) is 76.7 cm³/mol. The van der Waals surface area contributed by atoms with Crippen molar-refractivity contribution in [3.63, 3.8) is 0 Å². The summed E-state index contributed by atoms with van der Waals surface area (Å²) in [4.78, 5) is 12.0. The highest BCUT2D eigenvalue weighted by molar-refractivity contribution is 5.86. The molecule has 1 heteroatoms. The maximum absolute atomic E-state index is 12.0. The first-order valence-electron chi connectivity index (χ1n) is 6.71. The molecule has 0 fully saturated rings. The minimum atomic E-state index is 0.182. The first-order valence-corrected chi connectivity index (χ1v) is 6.71. The fourth-order valence-corrected chi connectivity index (χ4v) is 2.32. The molecule has 0 radical (unpaired) electrons. The van der Waals surface area contributed by atoms with Gasteiger partial charge in [-0.15, -0.1) is 0 Å². The summed E-state index contributed by atoms with van der Waals surface area (Å²) in [6, 6.07) is 14.6. The van der Waals surface area contributed by atoms with E-state index in [1.165, 1.54) is 10.8 Å². The predicted octanol–water partition coefficient (Wildman–Crippen LogP) is 4.39. The molecular weight excluding hydrogens is 220 g/mol. The van der Waals surface area contributed by atoms with Gasteiger partial charge in [0.25, 0.3) is 0 Å². The Kier molecular flexibility index (Phi) is 4.14. The summed E-state index contributed by atoms with van der Waals surface area (Å²) in [5.74, 6) is 0.536. The Balaban J connectivity index is 2.14. The van der Waals surface area contributed by atoms with Crippen LogP contribution in [0.15, 0.2) is 42.5 Å². The van der Waals surface area contributed by atoms with E-state index in [1.54, 1.807) is 0 Å². The molecule has 94 valence electrons. The monoisotopic (exact) mass is 240 g/mol. The smallest absolute Gasteiger partial charge is 0.140 e. The molecule has 0 heterocycles. The van der Waals surface area contributed by atoms with Gasteiger partial charge in [0.15, 0.2) is 0 Å². The van der Waals surface area contributed by atoms with Gasteiger partial charge < -0.3 is 0 Å². The number of hydrogen-bond donors (Lipinski definition) is 0. The molecule has 2 rings (SSSR count). The third-order valence-electron chi connectivity index (χ3n) is 3.46. The van der Waals surface area contributed by atoms with Crippen molar-refractivity contribution in [3.8, 4) is 0 Å². The molecule has 0 N–H and O–H groups in total. The van der Waals surface area contributed by atoms with Crippen molar-refractivity contribution in [2.45, 2.75) is 33.1 Å². The standard InChI is InChI=1S/C17H20O/c1-3-6-13(2)17(18)12-14-9-10-15-7-4-5-8-16(15)11-14/h4-5,7-11,13H,3,6,12H2,1-2H3. The summed E-state index contributed by atoms with van der Waals surface area (Å²) in [7, 11) is 0. The third kappa shape index (κ3) is 2.98. The lowest BCUT2D eigenvalue weighted by Gasteiger charge is -2.09. The third-order valence-corrected chi connectivity index (χ3v) is 3.46. The molecular formula is C17H20O. The summed E-state index contributed by atoms with van der Waals surface area (Å²) in [5.41, 5.74) is 1.13. The van der Waals surface area contributed by atoms with Gasteiger partial charge in [0, 0.05) is 12.3 Å². The van der Waals surface area contributed by atoms with Crippen LogP contribution in [0.5, 0.6) is 0 Å². The van der Waals surface area contributed by atoms with Crippen LogP contribution in [0.3, 0.4) is 0 Å². The molecule has 2 aromatic rings. The van der Waals surface area contributed by atoms with Crippen molar-refractivity contribution in [2.24, 2.45) is 5.92 Å². The Labute approximate surface area is 109 Å². The van der Waals surface area contributed by atoms with Gasteiger partial charge in [-0.3, -0.25) is 4.79 Å². The van der Waals surface area contributed by atoms with Crippen LogP contribution >= 0.6 is 0 Å². The molecule has 0 bridgehead atoms. The number of rotatable bonds is 5. The molecule has 0 aliphatic heterocycles. The van der Waals surface area contributed by atoms with Crippen molar-refractivity contribution < 1.29 is 4.79 Å². The van der Waals surface area contributed by atoms with Crippen LogP contribution < -0.4 is 0 Å². The molecule has 1 nitrogen and oxygen atoms in total. The number of fused-ring (bicyclic) bond motifs is 1. The van der Waals surface area contributed by atoms with Gasteiger partial charge in [-0.05, 0) is 22.8 Å². The van der Waals surface area contributed by atoms with E-state index in [1.807, 2.05) is 19.1 Å². The maximum Gasteiger partial charge on any atom is 0.140 e. The second-order valence-electron chi connectivity index (χ2n) is 5.01. The van der Waals surface area contributed by atoms with E-state index in [0.29, 0.717) is 12.2 Å². The first-order chi connectivity index (χ1) is 8.70. The molecule has 18 heavy (non-hydrogen) atoms. The van der Waals surface area contributed by atoms with E-state index in [0.717, 1.165) is 18.4 Å². The van der Waals surface area contributed by atoms with E-state index < -0.39 is 0 Å². The highest BCUT2D eigenvalue weighted by atomic mass is 16.1. The van der Waals surface area contributed by atoms with Gasteiger partial charge in [0.2, 0.25) is 0 Å². The average molecular weight is 240 g/mol. The normalized spacial score (nSPS) is 12.6. The molecule has 0 saturated carbocycles. The number of carbonyl (C=O) groups excluding carboxylic acids is 1. The highest BCUT2D eigenvalue weighted by Gasteiger charge is 2.12. The molecule has 0 amide bonds. The van der Waals surface area contributed by atoms with Gasteiger partial charge in [0.1, 0.15) is 5.78 Å². The fraction of sp³-hybridized carbons (Fsp3) is 0.353. The molecule has 0 aliphatic rings. The first kappa shape index (κ1) is 12.8. The van der Waals surface area contributed by atoms with Crippen LogP contribution in [0.2, 0.25) is 0 Å². The molecule has 0 spiro atoms. The number of ketones is 1. The maximum atomic E-state index is 12.0. The lowest BCUT2D eigenvalue weighted by Crippen LogP contribution is -2.13. The summed E-state index contributed by atoms with van der Waals surface area (Å²) in [6.07, 6.45) is 2.63. The lowest BCUT2D eigenvalue weighted by molar-refractivity contribution is -0.121. The number of benzene rings is 2. The summed E-state index contributed by atoms with van der Waals surface area (Å²) >= 11 is 0. The van der Waals surface area contributed by atoms with Gasteiger partial charge in [-0.1, -0.05) is 62.7 Å². The van der Waals surface area contributed by atoms with Gasteiger partial charge in [0.05, 0.1) is 0 Å². The largest absolute Gasteiger partial charge is 0.299 e. The Morgan fingerprint density at radius 2 is 1.83 bits per heavy atom. The zero-order valence-corrected chi connectivity index (χ0v) is 11.1. The highest BCUT2D eigenvalue weighted by Crippen LogP contribution is 2.17. The van der Waals surface area contributed by atoms with E-state index in [-0.39, 0.29) is 5.92 Å². The summed E-state index contributed by atoms with van der Waals surface area (Å²) in [6.45, 7) is 4.16. The molecule has 0 saturated heterocycles. The van der Waals surface area contributed by atoms with Crippen LogP contribution in [-0.2, 0) is 11.2 Å². The second kappa shape index (κ2) is 5.81. The van der Waals surface area contributed by atoms with Crippen LogP contribution in [0.25, 0.3) is 10.8 Å². The zero-order valence-electron chi connectivity index (χ0n) is 11.1. The van der Waals surface area contributed by atoms with E-state index in [4.69, 9.17) is 0 Å². The Bertz CT molecular complexity index is 542. The van der Waals surface area contributed by atoms with Crippen LogP contribution in [0.4, 0.5) is 0 Å². The molecule has 0 aromatic heterocycles. The van der Waals surface area contributed by atoms with E-state index in [9.17, 15) is 4.79 Å².